The van der Waals surface area contributed by atoms with Gasteiger partial charge in [-0.1, -0.05) is 15.9 Å². The molecule has 1 aliphatic heterocycles. The third kappa shape index (κ3) is 4.43. The lowest BCUT2D eigenvalue weighted by Gasteiger charge is -2.22. The van der Waals surface area contributed by atoms with Crippen LogP contribution < -0.4 is 0 Å². The fourth-order valence-electron chi connectivity index (χ4n) is 1.40. The molecule has 0 aliphatic carbocycles. The largest absolute Gasteiger partial charge is 0.378 e. The standard InChI is InChI=1S/C9H17BrO2/c1-8(10)11-7-5-9-4-2-3-6-12-9/h8-9H,2-7H2,1H3. The van der Waals surface area contributed by atoms with Gasteiger partial charge >= 0.3 is 0 Å². The van der Waals surface area contributed by atoms with Gasteiger partial charge in [0.15, 0.2) is 0 Å². The van der Waals surface area contributed by atoms with E-state index >= 15 is 0 Å². The number of halogens is 1. The van der Waals surface area contributed by atoms with Gasteiger partial charge in [-0.15, -0.1) is 0 Å². The molecule has 2 nitrogen and oxygen atoms in total. The zero-order valence-corrected chi connectivity index (χ0v) is 9.18. The lowest BCUT2D eigenvalue weighted by atomic mass is 10.1. The smallest absolute Gasteiger partial charge is 0.109 e. The molecule has 12 heavy (non-hydrogen) atoms. The molecule has 1 rings (SSSR count). The van der Waals surface area contributed by atoms with Crippen LogP contribution in [-0.4, -0.2) is 24.3 Å². The quantitative estimate of drug-likeness (QED) is 0.700. The molecular formula is C9H17BrO2. The van der Waals surface area contributed by atoms with Crippen LogP contribution in [0.3, 0.4) is 0 Å². The molecule has 1 heterocycles. The Morgan fingerprint density at radius 2 is 2.42 bits per heavy atom. The van der Waals surface area contributed by atoms with Crippen LogP contribution in [-0.2, 0) is 9.47 Å². The number of alkyl halides is 1. The molecule has 72 valence electrons. The van der Waals surface area contributed by atoms with E-state index in [9.17, 15) is 0 Å². The molecule has 1 fully saturated rings. The molecule has 1 aliphatic rings. The molecule has 2 unspecified atom stereocenters. The minimum absolute atomic E-state index is 0.168. The molecule has 0 aromatic heterocycles. The summed E-state index contributed by atoms with van der Waals surface area (Å²) in [5.74, 6) is 0. The van der Waals surface area contributed by atoms with Crippen LogP contribution in [0.4, 0.5) is 0 Å². The summed E-state index contributed by atoms with van der Waals surface area (Å²) in [5, 5.41) is 0.168. The van der Waals surface area contributed by atoms with Gasteiger partial charge < -0.3 is 9.47 Å². The lowest BCUT2D eigenvalue weighted by Crippen LogP contribution is -2.21. The van der Waals surface area contributed by atoms with E-state index < -0.39 is 0 Å². The van der Waals surface area contributed by atoms with E-state index in [0.29, 0.717) is 6.10 Å². The monoisotopic (exact) mass is 236 g/mol. The highest BCUT2D eigenvalue weighted by Crippen LogP contribution is 2.15. The topological polar surface area (TPSA) is 18.5 Å². The van der Waals surface area contributed by atoms with Gasteiger partial charge in [0.25, 0.3) is 0 Å². The summed E-state index contributed by atoms with van der Waals surface area (Å²) in [6.07, 6.45) is 5.24. The fourth-order valence-corrected chi connectivity index (χ4v) is 1.58. The molecule has 0 bridgehead atoms. The normalized spacial score (nSPS) is 27.0. The van der Waals surface area contributed by atoms with Crippen LogP contribution in [0.5, 0.6) is 0 Å². The van der Waals surface area contributed by atoms with Gasteiger partial charge in [0.05, 0.1) is 12.7 Å². The maximum atomic E-state index is 5.56. The summed E-state index contributed by atoms with van der Waals surface area (Å²) in [7, 11) is 0. The van der Waals surface area contributed by atoms with Gasteiger partial charge in [0, 0.05) is 6.61 Å². The SMILES string of the molecule is CC(Br)OCCC1CCCCO1. The first kappa shape index (κ1) is 10.5. The van der Waals surface area contributed by atoms with E-state index in [1.54, 1.807) is 0 Å². The van der Waals surface area contributed by atoms with Gasteiger partial charge in [-0.2, -0.15) is 0 Å². The summed E-state index contributed by atoms with van der Waals surface area (Å²) in [6, 6.07) is 0. The van der Waals surface area contributed by atoms with Crippen LogP contribution in [0.15, 0.2) is 0 Å². The second-order valence-corrected chi connectivity index (χ2v) is 4.48. The van der Waals surface area contributed by atoms with Crippen molar-refractivity contribution >= 4 is 15.9 Å². The highest BCUT2D eigenvalue weighted by molar-refractivity contribution is 9.09. The average Bonchev–Trinajstić information content (AvgIpc) is 2.05. The van der Waals surface area contributed by atoms with E-state index in [-0.39, 0.29) is 5.01 Å². The summed E-state index contributed by atoms with van der Waals surface area (Å²) >= 11 is 3.34. The van der Waals surface area contributed by atoms with E-state index in [4.69, 9.17) is 9.47 Å². The first-order valence-corrected chi connectivity index (χ1v) is 5.58. The van der Waals surface area contributed by atoms with Crippen molar-refractivity contribution in [1.29, 1.82) is 0 Å². The van der Waals surface area contributed by atoms with Crippen LogP contribution >= 0.6 is 15.9 Å². The molecule has 0 aromatic carbocycles. The van der Waals surface area contributed by atoms with Crippen LogP contribution in [0, 0.1) is 0 Å². The second kappa shape index (κ2) is 5.95. The molecule has 0 saturated carbocycles. The highest BCUT2D eigenvalue weighted by atomic mass is 79.9. The summed E-state index contributed by atoms with van der Waals surface area (Å²) < 4.78 is 10.9. The van der Waals surface area contributed by atoms with Crippen molar-refractivity contribution in [1.82, 2.24) is 0 Å². The lowest BCUT2D eigenvalue weighted by molar-refractivity contribution is -0.00846. The van der Waals surface area contributed by atoms with Crippen LogP contribution in [0.25, 0.3) is 0 Å². The maximum Gasteiger partial charge on any atom is 0.109 e. The molecule has 0 aromatic rings. The average molecular weight is 237 g/mol. The van der Waals surface area contributed by atoms with Crippen molar-refractivity contribution in [2.24, 2.45) is 0 Å². The number of hydrogen-bond donors (Lipinski definition) is 0. The summed E-state index contributed by atoms with van der Waals surface area (Å²) in [5.41, 5.74) is 0. The van der Waals surface area contributed by atoms with E-state index in [2.05, 4.69) is 15.9 Å². The highest BCUT2D eigenvalue weighted by Gasteiger charge is 2.13. The predicted octanol–water partition coefficient (Wildman–Crippen LogP) is 2.70. The van der Waals surface area contributed by atoms with Gasteiger partial charge in [0.1, 0.15) is 5.01 Å². The van der Waals surface area contributed by atoms with Gasteiger partial charge in [-0.3, -0.25) is 0 Å². The van der Waals surface area contributed by atoms with E-state index in [0.717, 1.165) is 19.6 Å². The molecule has 2 atom stereocenters. The van der Waals surface area contributed by atoms with Gasteiger partial charge in [-0.05, 0) is 32.6 Å². The molecule has 0 amide bonds. The van der Waals surface area contributed by atoms with Crippen molar-refractivity contribution in [3.63, 3.8) is 0 Å². The second-order valence-electron chi connectivity index (χ2n) is 3.19. The minimum Gasteiger partial charge on any atom is -0.378 e. The number of rotatable bonds is 4. The molecular weight excluding hydrogens is 220 g/mol. The third-order valence-electron chi connectivity index (χ3n) is 2.06. The first-order chi connectivity index (χ1) is 5.79. The van der Waals surface area contributed by atoms with Crippen LogP contribution in [0.2, 0.25) is 0 Å². The predicted molar refractivity (Wildman–Crippen MR) is 52.5 cm³/mol. The zero-order valence-electron chi connectivity index (χ0n) is 7.59. The Morgan fingerprint density at radius 3 is 3.00 bits per heavy atom. The van der Waals surface area contributed by atoms with Crippen molar-refractivity contribution in [2.45, 2.75) is 43.7 Å². The van der Waals surface area contributed by atoms with Crippen molar-refractivity contribution < 1.29 is 9.47 Å². The van der Waals surface area contributed by atoms with Crippen LogP contribution in [0.1, 0.15) is 32.6 Å². The van der Waals surface area contributed by atoms with E-state index in [1.807, 2.05) is 6.92 Å². The third-order valence-corrected chi connectivity index (χ3v) is 2.33. The summed E-state index contributed by atoms with van der Waals surface area (Å²) in [6.45, 7) is 3.73. The Balaban J connectivity index is 1.98. The van der Waals surface area contributed by atoms with Crippen molar-refractivity contribution in [3.05, 3.63) is 0 Å². The zero-order chi connectivity index (χ0) is 8.81. The van der Waals surface area contributed by atoms with Crippen molar-refractivity contribution in [3.8, 4) is 0 Å². The molecule has 0 radical (unpaired) electrons. The Morgan fingerprint density at radius 1 is 1.58 bits per heavy atom. The first-order valence-electron chi connectivity index (χ1n) is 4.66. The Hall–Kier alpha value is 0.400. The molecule has 3 heteroatoms. The Kier molecular flexibility index (Phi) is 5.19. The summed E-state index contributed by atoms with van der Waals surface area (Å²) in [4.78, 5) is 0. The van der Waals surface area contributed by atoms with Gasteiger partial charge in [0.2, 0.25) is 0 Å². The van der Waals surface area contributed by atoms with Crippen molar-refractivity contribution in [2.75, 3.05) is 13.2 Å². The molecule has 1 saturated heterocycles. The number of hydrogen-bond acceptors (Lipinski definition) is 2. The molecule has 0 spiro atoms. The fraction of sp³-hybridized carbons (Fsp3) is 1.00. The Bertz CT molecular complexity index is 111. The Labute approximate surface area is 82.7 Å². The minimum atomic E-state index is 0.168. The number of ether oxygens (including phenoxy) is 2. The molecule has 0 N–H and O–H groups in total. The maximum absolute atomic E-state index is 5.56. The van der Waals surface area contributed by atoms with E-state index in [1.165, 1.54) is 19.3 Å². The van der Waals surface area contributed by atoms with Gasteiger partial charge in [-0.25, -0.2) is 0 Å².